The van der Waals surface area contributed by atoms with Crippen molar-refractivity contribution < 1.29 is 4.39 Å². The molecule has 92 valence electrons. The van der Waals surface area contributed by atoms with Gasteiger partial charge in [0.15, 0.2) is 0 Å². The van der Waals surface area contributed by atoms with Crippen molar-refractivity contribution in [3.63, 3.8) is 0 Å². The van der Waals surface area contributed by atoms with Gasteiger partial charge in [0.05, 0.1) is 5.02 Å². The maximum absolute atomic E-state index is 13.3. The highest BCUT2D eigenvalue weighted by molar-refractivity contribution is 6.30. The summed E-state index contributed by atoms with van der Waals surface area (Å²) in [6, 6.07) is 13.3. The van der Waals surface area contributed by atoms with Gasteiger partial charge in [-0.2, -0.15) is 0 Å². The van der Waals surface area contributed by atoms with Gasteiger partial charge >= 0.3 is 0 Å². The van der Waals surface area contributed by atoms with E-state index in [0.717, 1.165) is 18.7 Å². The lowest BCUT2D eigenvalue weighted by Gasteiger charge is -2.30. The lowest BCUT2D eigenvalue weighted by atomic mass is 9.77. The molecule has 0 amide bonds. The number of benzene rings is 2. The number of nitrogens with one attached hydrogen (secondary N) is 1. The first-order chi connectivity index (χ1) is 8.74. The van der Waals surface area contributed by atoms with E-state index in [1.807, 2.05) is 0 Å². The number of hydrogen-bond donors (Lipinski definition) is 1. The monoisotopic (exact) mass is 261 g/mol. The molecule has 2 aromatic carbocycles. The molecular weight excluding hydrogens is 249 g/mol. The maximum Gasteiger partial charge on any atom is 0.143 e. The third-order valence-electron chi connectivity index (χ3n) is 3.43. The molecule has 0 spiro atoms. The minimum absolute atomic E-state index is 0.162. The second-order valence-electron chi connectivity index (χ2n) is 4.61. The molecule has 18 heavy (non-hydrogen) atoms. The van der Waals surface area contributed by atoms with Crippen molar-refractivity contribution in [1.29, 1.82) is 0 Å². The van der Waals surface area contributed by atoms with Gasteiger partial charge in [0.25, 0.3) is 0 Å². The van der Waals surface area contributed by atoms with E-state index < -0.39 is 0 Å². The molecule has 0 fully saturated rings. The summed E-state index contributed by atoms with van der Waals surface area (Å²) in [4.78, 5) is 0. The Kier molecular flexibility index (Phi) is 2.96. The average Bonchev–Trinajstić information content (AvgIpc) is 2.35. The first-order valence-electron chi connectivity index (χ1n) is 6.01. The molecule has 1 nitrogen and oxygen atoms in total. The Bertz CT molecular complexity index is 582. The van der Waals surface area contributed by atoms with E-state index in [4.69, 9.17) is 11.6 Å². The molecule has 1 aliphatic rings. The molecule has 0 heterocycles. The van der Waals surface area contributed by atoms with Crippen LogP contribution in [0.5, 0.6) is 0 Å². The molecule has 1 aliphatic carbocycles. The number of anilines is 1. The molecular formula is C15H13ClFN. The fraction of sp³-hybridized carbons (Fsp3) is 0.200. The van der Waals surface area contributed by atoms with Crippen LogP contribution in [0.4, 0.5) is 10.1 Å². The van der Waals surface area contributed by atoms with E-state index in [1.54, 1.807) is 12.1 Å². The molecule has 2 aromatic rings. The highest BCUT2D eigenvalue weighted by Crippen LogP contribution is 2.34. The van der Waals surface area contributed by atoms with Crippen molar-refractivity contribution in [2.75, 3.05) is 11.9 Å². The number of rotatable bonds is 3. The first-order valence-corrected chi connectivity index (χ1v) is 6.38. The van der Waals surface area contributed by atoms with Gasteiger partial charge in [-0.05, 0) is 35.7 Å². The van der Waals surface area contributed by atoms with Crippen LogP contribution in [0.3, 0.4) is 0 Å². The van der Waals surface area contributed by atoms with Crippen LogP contribution < -0.4 is 5.32 Å². The van der Waals surface area contributed by atoms with Crippen LogP contribution >= 0.6 is 11.6 Å². The normalized spacial score (nSPS) is 16.9. The van der Waals surface area contributed by atoms with Gasteiger partial charge in [0.1, 0.15) is 5.82 Å². The lowest BCUT2D eigenvalue weighted by molar-refractivity contribution is 0.624. The zero-order chi connectivity index (χ0) is 12.5. The van der Waals surface area contributed by atoms with E-state index in [1.165, 1.54) is 17.2 Å². The summed E-state index contributed by atoms with van der Waals surface area (Å²) in [6.07, 6.45) is 1.10. The molecule has 0 saturated carbocycles. The molecule has 3 heteroatoms. The largest absolute Gasteiger partial charge is 0.384 e. The molecule has 1 unspecified atom stereocenters. The van der Waals surface area contributed by atoms with Crippen molar-refractivity contribution >= 4 is 17.3 Å². The molecule has 0 bridgehead atoms. The summed E-state index contributed by atoms with van der Waals surface area (Å²) in [5.41, 5.74) is 3.60. The average molecular weight is 262 g/mol. The minimum atomic E-state index is -0.379. The topological polar surface area (TPSA) is 12.0 Å². The molecule has 1 atom stereocenters. The summed E-state index contributed by atoms with van der Waals surface area (Å²) < 4.78 is 13.3. The van der Waals surface area contributed by atoms with E-state index in [9.17, 15) is 4.39 Å². The molecule has 1 N–H and O–H groups in total. The Balaban J connectivity index is 1.65. The Hall–Kier alpha value is -1.54. The highest BCUT2D eigenvalue weighted by atomic mass is 35.5. The number of halogens is 2. The van der Waals surface area contributed by atoms with E-state index in [0.29, 0.717) is 5.92 Å². The van der Waals surface area contributed by atoms with Crippen LogP contribution in [-0.2, 0) is 6.42 Å². The maximum atomic E-state index is 13.3. The van der Waals surface area contributed by atoms with Crippen molar-refractivity contribution in [1.82, 2.24) is 0 Å². The smallest absolute Gasteiger partial charge is 0.143 e. The van der Waals surface area contributed by atoms with Gasteiger partial charge in [-0.3, -0.25) is 0 Å². The summed E-state index contributed by atoms with van der Waals surface area (Å²) in [5.74, 6) is 0.149. The molecule has 0 aliphatic heterocycles. The van der Waals surface area contributed by atoms with Crippen molar-refractivity contribution in [3.05, 3.63) is 64.4 Å². The van der Waals surface area contributed by atoms with Gasteiger partial charge in [-0.25, -0.2) is 4.39 Å². The predicted octanol–water partition coefficient (Wildman–Crippen LogP) is 4.23. The Morgan fingerprint density at radius 2 is 2.06 bits per heavy atom. The Morgan fingerprint density at radius 1 is 1.22 bits per heavy atom. The minimum Gasteiger partial charge on any atom is -0.384 e. The van der Waals surface area contributed by atoms with Gasteiger partial charge < -0.3 is 5.32 Å². The van der Waals surface area contributed by atoms with Crippen LogP contribution in [0.25, 0.3) is 0 Å². The van der Waals surface area contributed by atoms with Gasteiger partial charge in [-0.15, -0.1) is 0 Å². The van der Waals surface area contributed by atoms with E-state index >= 15 is 0 Å². The van der Waals surface area contributed by atoms with Crippen LogP contribution in [0.15, 0.2) is 42.5 Å². The Morgan fingerprint density at radius 3 is 2.83 bits per heavy atom. The lowest BCUT2D eigenvalue weighted by Crippen LogP contribution is -2.24. The quantitative estimate of drug-likeness (QED) is 0.872. The third kappa shape index (κ3) is 2.08. The third-order valence-corrected chi connectivity index (χ3v) is 3.74. The van der Waals surface area contributed by atoms with Gasteiger partial charge in [0.2, 0.25) is 0 Å². The first kappa shape index (κ1) is 11.5. The highest BCUT2D eigenvalue weighted by Gasteiger charge is 2.24. The van der Waals surface area contributed by atoms with Crippen molar-refractivity contribution in [2.45, 2.75) is 12.3 Å². The summed E-state index contributed by atoms with van der Waals surface area (Å²) in [7, 11) is 0. The zero-order valence-corrected chi connectivity index (χ0v) is 10.5. The van der Waals surface area contributed by atoms with Gasteiger partial charge in [-0.1, -0.05) is 35.9 Å². The van der Waals surface area contributed by atoms with E-state index in [-0.39, 0.29) is 10.8 Å². The van der Waals surface area contributed by atoms with Gasteiger partial charge in [0, 0.05) is 18.2 Å². The molecule has 0 radical (unpaired) electrons. The zero-order valence-electron chi connectivity index (χ0n) is 9.79. The number of hydrogen-bond acceptors (Lipinski definition) is 1. The molecule has 3 rings (SSSR count). The van der Waals surface area contributed by atoms with Crippen molar-refractivity contribution in [3.8, 4) is 0 Å². The van der Waals surface area contributed by atoms with Crippen molar-refractivity contribution in [2.24, 2.45) is 0 Å². The van der Waals surface area contributed by atoms with E-state index in [2.05, 4.69) is 29.6 Å². The standard InChI is InChI=1S/C15H13ClFN/c16-14-6-5-12(8-15(14)17)18-9-11-7-10-3-1-2-4-13(10)11/h1-6,8,11,18H,7,9H2. The SMILES string of the molecule is Fc1cc(NCC2Cc3ccccc32)ccc1Cl. The summed E-state index contributed by atoms with van der Waals surface area (Å²) in [6.45, 7) is 0.831. The molecule has 0 saturated heterocycles. The van der Waals surface area contributed by atoms with Crippen LogP contribution in [-0.4, -0.2) is 6.54 Å². The molecule has 0 aromatic heterocycles. The predicted molar refractivity (Wildman–Crippen MR) is 72.8 cm³/mol. The van der Waals surface area contributed by atoms with Crippen LogP contribution in [0, 0.1) is 5.82 Å². The fourth-order valence-corrected chi connectivity index (χ4v) is 2.51. The summed E-state index contributed by atoms with van der Waals surface area (Å²) >= 11 is 5.65. The van der Waals surface area contributed by atoms with Crippen LogP contribution in [0.2, 0.25) is 5.02 Å². The fourth-order valence-electron chi connectivity index (χ4n) is 2.39. The summed E-state index contributed by atoms with van der Waals surface area (Å²) in [5, 5.41) is 3.42. The van der Waals surface area contributed by atoms with Crippen LogP contribution in [0.1, 0.15) is 17.0 Å². The second-order valence-corrected chi connectivity index (χ2v) is 5.02. The Labute approximate surface area is 111 Å². The second kappa shape index (κ2) is 4.62. The number of fused-ring (bicyclic) bond motifs is 1.